The molecule has 0 saturated heterocycles. The molecular weight excluding hydrogens is 612 g/mol. The SMILES string of the molecule is Cc1cccc(-c2ncc(NC(=O)CCC(=O)O)c(=O)n2CC(=O)NC(Cc2ccccc2)C(=O)C(F)(F)C(=O)NCC(=O)O)c1. The number of aromatic nitrogens is 2. The number of anilines is 1. The number of carboxylic acid groups (broad SMARTS) is 2. The third-order valence-corrected chi connectivity index (χ3v) is 6.39. The maximum atomic E-state index is 14.9. The molecule has 16 heteroatoms. The number of carbonyl (C=O) groups excluding carboxylic acids is 4. The van der Waals surface area contributed by atoms with Crippen molar-refractivity contribution in [2.45, 2.75) is 44.7 Å². The summed E-state index contributed by atoms with van der Waals surface area (Å²) in [5.41, 5.74) is 0.0963. The van der Waals surface area contributed by atoms with Crippen molar-refractivity contribution < 1.29 is 47.8 Å². The molecule has 46 heavy (non-hydrogen) atoms. The first kappa shape index (κ1) is 34.7. The molecular formula is C30H29F2N5O9. The van der Waals surface area contributed by atoms with Gasteiger partial charge in [-0.1, -0.05) is 54.1 Å². The monoisotopic (exact) mass is 641 g/mol. The van der Waals surface area contributed by atoms with Gasteiger partial charge >= 0.3 is 17.9 Å². The second-order valence-corrected chi connectivity index (χ2v) is 10.0. The summed E-state index contributed by atoms with van der Waals surface area (Å²) in [4.78, 5) is 89.8. The summed E-state index contributed by atoms with van der Waals surface area (Å²) in [5.74, 6) is -13.8. The Kier molecular flexibility index (Phi) is 11.5. The fraction of sp³-hybridized carbons (Fsp3) is 0.267. The van der Waals surface area contributed by atoms with Gasteiger partial charge in [-0.15, -0.1) is 0 Å². The van der Waals surface area contributed by atoms with Gasteiger partial charge < -0.3 is 26.2 Å². The molecule has 0 fully saturated rings. The van der Waals surface area contributed by atoms with Crippen molar-refractivity contribution in [1.29, 1.82) is 0 Å². The van der Waals surface area contributed by atoms with Crippen LogP contribution in [-0.2, 0) is 41.7 Å². The number of nitrogens with one attached hydrogen (secondary N) is 3. The largest absolute Gasteiger partial charge is 0.481 e. The summed E-state index contributed by atoms with van der Waals surface area (Å²) in [5, 5.41) is 23.4. The molecule has 3 aromatic rings. The first-order valence-electron chi connectivity index (χ1n) is 13.6. The van der Waals surface area contributed by atoms with E-state index in [1.54, 1.807) is 49.4 Å². The van der Waals surface area contributed by atoms with E-state index in [1.807, 2.05) is 0 Å². The molecule has 0 aliphatic carbocycles. The Morgan fingerprint density at radius 3 is 2.26 bits per heavy atom. The lowest BCUT2D eigenvalue weighted by atomic mass is 9.98. The van der Waals surface area contributed by atoms with E-state index in [-0.39, 0.29) is 5.82 Å². The molecule has 3 rings (SSSR count). The van der Waals surface area contributed by atoms with Gasteiger partial charge in [0.25, 0.3) is 11.5 Å². The third-order valence-electron chi connectivity index (χ3n) is 6.39. The standard InChI is InChI=1S/C30H29F2N5O9/c1-17-6-5-9-19(12-17)27-33-14-21(36-22(38)10-11-24(40)41)28(45)37(27)16-23(39)35-20(13-18-7-3-2-4-8-18)26(44)30(31,32)29(46)34-15-25(42)43/h2-9,12,14,20H,10-11,13,15-16H2,1H3,(H,34,46)(H,35,39)(H,36,38)(H,40,41)(H,42,43). The second kappa shape index (κ2) is 15.3. The minimum Gasteiger partial charge on any atom is -0.481 e. The van der Waals surface area contributed by atoms with Gasteiger partial charge in [-0.2, -0.15) is 8.78 Å². The number of amides is 3. The number of hydrogen-bond acceptors (Lipinski definition) is 8. The molecule has 1 unspecified atom stereocenters. The van der Waals surface area contributed by atoms with Gasteiger partial charge in [0.15, 0.2) is 0 Å². The van der Waals surface area contributed by atoms with Gasteiger partial charge in [0.05, 0.1) is 18.7 Å². The van der Waals surface area contributed by atoms with Gasteiger partial charge in [-0.05, 0) is 18.6 Å². The van der Waals surface area contributed by atoms with Crippen LogP contribution in [0.15, 0.2) is 65.6 Å². The van der Waals surface area contributed by atoms with Crippen LogP contribution in [0.4, 0.5) is 14.5 Å². The fourth-order valence-corrected chi connectivity index (χ4v) is 4.21. The highest BCUT2D eigenvalue weighted by Gasteiger charge is 2.50. The number of rotatable bonds is 15. The van der Waals surface area contributed by atoms with Gasteiger partial charge in [0.1, 0.15) is 24.6 Å². The first-order chi connectivity index (χ1) is 21.7. The Morgan fingerprint density at radius 1 is 0.935 bits per heavy atom. The molecule has 0 aliphatic rings. The molecule has 5 N–H and O–H groups in total. The molecule has 0 bridgehead atoms. The molecule has 1 aromatic heterocycles. The van der Waals surface area contributed by atoms with Crippen molar-refractivity contribution in [3.63, 3.8) is 0 Å². The quantitative estimate of drug-likeness (QED) is 0.149. The molecule has 2 aromatic carbocycles. The highest BCUT2D eigenvalue weighted by molar-refractivity contribution is 6.11. The Bertz CT molecular complexity index is 1710. The van der Waals surface area contributed by atoms with E-state index in [1.165, 1.54) is 17.4 Å². The average Bonchev–Trinajstić information content (AvgIpc) is 3.00. The lowest BCUT2D eigenvalue weighted by Gasteiger charge is -2.23. The van der Waals surface area contributed by atoms with E-state index in [2.05, 4.69) is 15.6 Å². The zero-order valence-corrected chi connectivity index (χ0v) is 24.3. The number of halogens is 2. The zero-order chi connectivity index (χ0) is 34.0. The first-order valence-corrected chi connectivity index (χ1v) is 13.6. The van der Waals surface area contributed by atoms with Crippen LogP contribution in [0.1, 0.15) is 24.0 Å². The maximum Gasteiger partial charge on any atom is 0.383 e. The molecule has 242 valence electrons. The van der Waals surface area contributed by atoms with Crippen LogP contribution in [0, 0.1) is 6.92 Å². The number of carbonyl (C=O) groups is 6. The van der Waals surface area contributed by atoms with Crippen LogP contribution in [0.25, 0.3) is 11.4 Å². The highest BCUT2D eigenvalue weighted by Crippen LogP contribution is 2.21. The number of Topliss-reactive ketones (excluding diaryl/α,β-unsaturated/α-hetero) is 1. The van der Waals surface area contributed by atoms with Gasteiger partial charge in [0.2, 0.25) is 17.6 Å². The molecule has 0 saturated carbocycles. The van der Waals surface area contributed by atoms with Crippen LogP contribution in [0.3, 0.4) is 0 Å². The summed E-state index contributed by atoms with van der Waals surface area (Å²) >= 11 is 0. The minimum absolute atomic E-state index is 0.0586. The number of aliphatic carboxylic acids is 2. The molecule has 1 atom stereocenters. The number of nitrogens with zero attached hydrogens (tertiary/aromatic N) is 2. The van der Waals surface area contributed by atoms with E-state index >= 15 is 0 Å². The van der Waals surface area contributed by atoms with Crippen LogP contribution < -0.4 is 21.5 Å². The summed E-state index contributed by atoms with van der Waals surface area (Å²) in [6.45, 7) is -0.316. The van der Waals surface area contributed by atoms with Crippen molar-refractivity contribution >= 4 is 41.1 Å². The number of benzene rings is 2. The Morgan fingerprint density at radius 2 is 1.63 bits per heavy atom. The number of alkyl halides is 2. The van der Waals surface area contributed by atoms with Crippen LogP contribution in [-0.4, -0.2) is 73.7 Å². The van der Waals surface area contributed by atoms with Crippen molar-refractivity contribution in [3.05, 3.63) is 82.3 Å². The lowest BCUT2D eigenvalue weighted by molar-refractivity contribution is -0.161. The van der Waals surface area contributed by atoms with E-state index in [9.17, 15) is 42.3 Å². The van der Waals surface area contributed by atoms with Crippen molar-refractivity contribution in [1.82, 2.24) is 20.2 Å². The predicted octanol–water partition coefficient (Wildman–Crippen LogP) is 1.15. The predicted molar refractivity (Wildman–Crippen MR) is 157 cm³/mol. The molecule has 1 heterocycles. The highest BCUT2D eigenvalue weighted by atomic mass is 19.3. The van der Waals surface area contributed by atoms with Crippen LogP contribution in [0.2, 0.25) is 0 Å². The molecule has 0 aliphatic heterocycles. The minimum atomic E-state index is -4.74. The number of aryl methyl sites for hydroxylation is 1. The van der Waals surface area contributed by atoms with Gasteiger partial charge in [-0.3, -0.25) is 38.1 Å². The Labute approximate surface area is 259 Å². The zero-order valence-electron chi connectivity index (χ0n) is 24.3. The maximum absolute atomic E-state index is 14.9. The molecule has 3 amide bonds. The van der Waals surface area contributed by atoms with Crippen molar-refractivity contribution in [3.8, 4) is 11.4 Å². The molecule has 14 nitrogen and oxygen atoms in total. The van der Waals surface area contributed by atoms with E-state index in [0.717, 1.165) is 16.3 Å². The third kappa shape index (κ3) is 9.35. The van der Waals surface area contributed by atoms with Crippen LogP contribution >= 0.6 is 0 Å². The van der Waals surface area contributed by atoms with Crippen molar-refractivity contribution in [2.75, 3.05) is 11.9 Å². The normalized spacial score (nSPS) is 11.6. The summed E-state index contributed by atoms with van der Waals surface area (Å²) < 4.78 is 30.7. The molecule has 0 radical (unpaired) electrons. The smallest absolute Gasteiger partial charge is 0.383 e. The second-order valence-electron chi connectivity index (χ2n) is 10.0. The van der Waals surface area contributed by atoms with Gasteiger partial charge in [0, 0.05) is 18.4 Å². The summed E-state index contributed by atoms with van der Waals surface area (Å²) in [6.07, 6.45) is -0.463. The average molecular weight is 642 g/mol. The summed E-state index contributed by atoms with van der Waals surface area (Å²) in [7, 11) is 0. The molecule has 0 spiro atoms. The number of ketones is 1. The topological polar surface area (TPSA) is 214 Å². The lowest BCUT2D eigenvalue weighted by Crippen LogP contribution is -2.56. The van der Waals surface area contributed by atoms with Gasteiger partial charge in [-0.25, -0.2) is 4.98 Å². The number of carboxylic acids is 2. The van der Waals surface area contributed by atoms with E-state index in [0.29, 0.717) is 11.1 Å². The summed E-state index contributed by atoms with van der Waals surface area (Å²) in [6, 6.07) is 12.3. The Hall–Kier alpha value is -5.80. The van der Waals surface area contributed by atoms with E-state index in [4.69, 9.17) is 10.2 Å². The van der Waals surface area contributed by atoms with Crippen LogP contribution in [0.5, 0.6) is 0 Å². The fourth-order valence-electron chi connectivity index (χ4n) is 4.21. The number of hydrogen-bond donors (Lipinski definition) is 5. The van der Waals surface area contributed by atoms with Crippen molar-refractivity contribution in [2.24, 2.45) is 0 Å². The van der Waals surface area contributed by atoms with E-state index < -0.39 is 91.0 Å². The Balaban J connectivity index is 1.98.